The highest BCUT2D eigenvalue weighted by Gasteiger charge is 2.26. The topological polar surface area (TPSA) is 108 Å². The number of amides is 1. The minimum atomic E-state index is -1.45. The van der Waals surface area contributed by atoms with Gasteiger partial charge in [-0.25, -0.2) is 0 Å². The van der Waals surface area contributed by atoms with E-state index in [1.807, 2.05) is 20.8 Å². The Morgan fingerprint density at radius 2 is 1.43 bits per heavy atom. The number of benzene rings is 2. The highest BCUT2D eigenvalue weighted by atomic mass is 35.5. The lowest BCUT2D eigenvalue weighted by molar-refractivity contribution is -0.126. The second kappa shape index (κ2) is 13.7. The van der Waals surface area contributed by atoms with E-state index >= 15 is 0 Å². The van der Waals surface area contributed by atoms with Crippen LogP contribution in [0.1, 0.15) is 34.6 Å². The molecule has 0 saturated carbocycles. The summed E-state index contributed by atoms with van der Waals surface area (Å²) in [6, 6.07) is 4.71. The molecule has 1 unspecified atom stereocenters. The second-order valence-corrected chi connectivity index (χ2v) is 7.82. The minimum Gasteiger partial charge on any atom is -0.490 e. The van der Waals surface area contributed by atoms with Crippen molar-refractivity contribution in [1.29, 1.82) is 0 Å². The zero-order valence-electron chi connectivity index (χ0n) is 20.3. The van der Waals surface area contributed by atoms with Crippen molar-refractivity contribution in [3.8, 4) is 23.0 Å². The van der Waals surface area contributed by atoms with Gasteiger partial charge in [0.25, 0.3) is 5.91 Å². The Kier molecular flexibility index (Phi) is 11.1. The van der Waals surface area contributed by atoms with E-state index < -0.39 is 17.7 Å². The summed E-state index contributed by atoms with van der Waals surface area (Å²) in [4.78, 5) is 25.3. The van der Waals surface area contributed by atoms with Crippen LogP contribution in [-0.4, -0.2) is 44.2 Å². The molecule has 1 amide bonds. The predicted molar refractivity (Wildman–Crippen MR) is 135 cm³/mol. The molecule has 1 N–H and O–H groups in total. The van der Waals surface area contributed by atoms with E-state index in [0.717, 1.165) is 0 Å². The third-order valence-electron chi connectivity index (χ3n) is 4.39. The molecule has 0 saturated heterocycles. The number of halogens is 2. The van der Waals surface area contributed by atoms with Crippen molar-refractivity contribution in [2.24, 2.45) is 10.2 Å². The average Bonchev–Trinajstić information content (AvgIpc) is 2.79. The highest BCUT2D eigenvalue weighted by Crippen LogP contribution is 2.40. The first kappa shape index (κ1) is 28.2. The third-order valence-corrected chi connectivity index (χ3v) is 4.91. The molecule has 0 heterocycles. The molecule has 2 rings (SSSR count). The van der Waals surface area contributed by atoms with E-state index in [1.165, 1.54) is 19.1 Å². The van der Waals surface area contributed by atoms with Gasteiger partial charge in [0.05, 0.1) is 37.1 Å². The van der Waals surface area contributed by atoms with Crippen LogP contribution in [-0.2, 0) is 9.59 Å². The Bertz CT molecular complexity index is 1080. The summed E-state index contributed by atoms with van der Waals surface area (Å²) in [5, 5.41) is 11.2. The van der Waals surface area contributed by atoms with Gasteiger partial charge in [0.1, 0.15) is 5.69 Å². The highest BCUT2D eigenvalue weighted by molar-refractivity contribution is 6.33. The van der Waals surface area contributed by atoms with Gasteiger partial charge in [-0.2, -0.15) is 10.2 Å². The number of ketones is 1. The number of hydrogen-bond acceptors (Lipinski definition) is 8. The van der Waals surface area contributed by atoms with E-state index in [2.05, 4.69) is 15.5 Å². The smallest absolute Gasteiger partial charge is 0.258 e. The fourth-order valence-electron chi connectivity index (χ4n) is 2.99. The van der Waals surface area contributed by atoms with Crippen LogP contribution in [0.2, 0.25) is 10.0 Å². The van der Waals surface area contributed by atoms with Gasteiger partial charge in [-0.3, -0.25) is 9.59 Å². The Balaban J connectivity index is 2.37. The Morgan fingerprint density at radius 1 is 0.857 bits per heavy atom. The first-order valence-corrected chi connectivity index (χ1v) is 11.9. The predicted octanol–water partition coefficient (Wildman–Crippen LogP) is 6.27. The standard InChI is InChI=1S/C24H29Cl2N3O6/c1-6-32-19-12-16(26)17(13-20(19)33-7-2)28-29-22(14(5)30)24(31)27-18-10-15(25)11-21(34-8-3)23(18)35-9-4/h10-13,22H,6-9H2,1-5H3,(H,27,31). The van der Waals surface area contributed by atoms with Crippen molar-refractivity contribution in [2.75, 3.05) is 31.7 Å². The summed E-state index contributed by atoms with van der Waals surface area (Å²) in [5.74, 6) is 0.279. The third kappa shape index (κ3) is 7.73. The van der Waals surface area contributed by atoms with Crippen LogP contribution in [0.5, 0.6) is 23.0 Å². The number of Topliss-reactive ketones (excluding diaryl/α,β-unsaturated/α-hetero) is 1. The molecule has 0 fully saturated rings. The summed E-state index contributed by atoms with van der Waals surface area (Å²) >= 11 is 12.5. The first-order valence-electron chi connectivity index (χ1n) is 11.2. The molecule has 0 spiro atoms. The minimum absolute atomic E-state index is 0.217. The fourth-order valence-corrected chi connectivity index (χ4v) is 3.39. The van der Waals surface area contributed by atoms with Crippen LogP contribution in [0.4, 0.5) is 11.4 Å². The quantitative estimate of drug-likeness (QED) is 0.244. The van der Waals surface area contributed by atoms with Gasteiger partial charge >= 0.3 is 0 Å². The van der Waals surface area contributed by atoms with Crippen molar-refractivity contribution in [3.63, 3.8) is 0 Å². The Hall–Kier alpha value is -3.04. The fraction of sp³-hybridized carbons (Fsp3) is 0.417. The molecular formula is C24H29Cl2N3O6. The first-order chi connectivity index (χ1) is 16.7. The normalized spacial score (nSPS) is 11.7. The van der Waals surface area contributed by atoms with Crippen molar-refractivity contribution in [1.82, 2.24) is 0 Å². The van der Waals surface area contributed by atoms with Gasteiger partial charge < -0.3 is 24.3 Å². The molecule has 1 atom stereocenters. The van der Waals surface area contributed by atoms with E-state index in [1.54, 1.807) is 19.1 Å². The molecule has 0 aliphatic rings. The molecule has 0 bridgehead atoms. The molecular weight excluding hydrogens is 497 g/mol. The summed E-state index contributed by atoms with van der Waals surface area (Å²) < 4.78 is 22.3. The maximum atomic E-state index is 13.0. The SMILES string of the molecule is CCOc1cc(Cl)c(N=NC(C(C)=O)C(=O)Nc2cc(Cl)cc(OCC)c2OCC)cc1OCC. The molecule has 9 nitrogen and oxygen atoms in total. The number of carbonyl (C=O) groups is 2. The maximum Gasteiger partial charge on any atom is 0.258 e. The number of azo groups is 1. The zero-order chi connectivity index (χ0) is 26.0. The van der Waals surface area contributed by atoms with Crippen LogP contribution < -0.4 is 24.3 Å². The molecule has 0 radical (unpaired) electrons. The number of rotatable bonds is 13. The van der Waals surface area contributed by atoms with Gasteiger partial charge in [0, 0.05) is 23.2 Å². The van der Waals surface area contributed by atoms with E-state index in [9.17, 15) is 9.59 Å². The van der Waals surface area contributed by atoms with E-state index in [4.69, 9.17) is 42.1 Å². The number of hydrogen-bond donors (Lipinski definition) is 1. The maximum absolute atomic E-state index is 13.0. The molecule has 35 heavy (non-hydrogen) atoms. The zero-order valence-corrected chi connectivity index (χ0v) is 21.8. The van der Waals surface area contributed by atoms with Gasteiger partial charge in [0.2, 0.25) is 6.04 Å². The lowest BCUT2D eigenvalue weighted by Crippen LogP contribution is -2.32. The van der Waals surface area contributed by atoms with Crippen molar-refractivity contribution in [2.45, 2.75) is 40.7 Å². The van der Waals surface area contributed by atoms with Gasteiger partial charge in [-0.1, -0.05) is 23.2 Å². The number of nitrogens with one attached hydrogen (secondary N) is 1. The molecule has 11 heteroatoms. The number of carbonyl (C=O) groups excluding carboxylic acids is 2. The van der Waals surface area contributed by atoms with Gasteiger partial charge in [0.15, 0.2) is 28.8 Å². The lowest BCUT2D eigenvalue weighted by atomic mass is 10.2. The molecule has 0 aliphatic carbocycles. The van der Waals surface area contributed by atoms with Crippen molar-refractivity contribution < 1.29 is 28.5 Å². The Morgan fingerprint density at radius 3 is 2.00 bits per heavy atom. The number of anilines is 1. The average molecular weight is 526 g/mol. The largest absolute Gasteiger partial charge is 0.490 e. The van der Waals surface area contributed by atoms with Crippen LogP contribution in [0.25, 0.3) is 0 Å². The number of ether oxygens (including phenoxy) is 4. The van der Waals surface area contributed by atoms with Crippen LogP contribution in [0.15, 0.2) is 34.5 Å². The monoisotopic (exact) mass is 525 g/mol. The lowest BCUT2D eigenvalue weighted by Gasteiger charge is -2.17. The Labute approximate surface area is 214 Å². The van der Waals surface area contributed by atoms with Crippen LogP contribution in [0.3, 0.4) is 0 Å². The van der Waals surface area contributed by atoms with Crippen LogP contribution >= 0.6 is 23.2 Å². The summed E-state index contributed by atoms with van der Waals surface area (Å²) in [7, 11) is 0. The van der Waals surface area contributed by atoms with Crippen molar-refractivity contribution in [3.05, 3.63) is 34.3 Å². The molecule has 0 aromatic heterocycles. The van der Waals surface area contributed by atoms with Crippen molar-refractivity contribution >= 4 is 46.3 Å². The molecule has 2 aromatic carbocycles. The summed E-state index contributed by atoms with van der Waals surface area (Å²) in [6.45, 7) is 9.99. The van der Waals surface area contributed by atoms with E-state index in [-0.39, 0.29) is 16.4 Å². The molecule has 2 aromatic rings. The van der Waals surface area contributed by atoms with Gasteiger partial charge in [-0.15, -0.1) is 0 Å². The molecule has 190 valence electrons. The molecule has 0 aliphatic heterocycles. The summed E-state index contributed by atoms with van der Waals surface area (Å²) in [6.07, 6.45) is 0. The van der Waals surface area contributed by atoms with Crippen LogP contribution in [0, 0.1) is 0 Å². The van der Waals surface area contributed by atoms with Gasteiger partial charge in [-0.05, 0) is 40.7 Å². The number of nitrogens with zero attached hydrogens (tertiary/aromatic N) is 2. The van der Waals surface area contributed by atoms with E-state index in [0.29, 0.717) is 54.4 Å². The second-order valence-electron chi connectivity index (χ2n) is 6.98. The summed E-state index contributed by atoms with van der Waals surface area (Å²) in [5.41, 5.74) is 0.459.